The second-order valence-electron chi connectivity index (χ2n) is 6.73. The van der Waals surface area contributed by atoms with Crippen molar-refractivity contribution in [2.75, 3.05) is 0 Å². The van der Waals surface area contributed by atoms with Gasteiger partial charge in [0.05, 0.1) is 0 Å². The second kappa shape index (κ2) is 12.5. The summed E-state index contributed by atoms with van der Waals surface area (Å²) in [7, 11) is 0. The Kier molecular flexibility index (Phi) is 12.5. The lowest BCUT2D eigenvalue weighted by atomic mass is 9.99. The number of hydrogen-bond acceptors (Lipinski definition) is 2. The number of esters is 1. The van der Waals surface area contributed by atoms with Crippen LogP contribution in [0.4, 0.5) is 0 Å². The summed E-state index contributed by atoms with van der Waals surface area (Å²) in [6.45, 7) is 8.08. The number of carbonyl (C=O) groups excluding carboxylic acids is 1. The summed E-state index contributed by atoms with van der Waals surface area (Å²) in [5.41, 5.74) is -0.334. The average Bonchev–Trinajstić information content (AvgIpc) is 2.40. The molecular weight excluding hydrogens is 328 g/mol. The summed E-state index contributed by atoms with van der Waals surface area (Å²) in [5.74, 6) is -0.160. The van der Waals surface area contributed by atoms with Gasteiger partial charge in [-0.15, -0.1) is 0 Å². The number of rotatable bonds is 13. The van der Waals surface area contributed by atoms with Gasteiger partial charge in [0, 0.05) is 0 Å². The van der Waals surface area contributed by atoms with E-state index in [1.165, 1.54) is 57.8 Å². The van der Waals surface area contributed by atoms with E-state index in [0.717, 1.165) is 12.8 Å². The van der Waals surface area contributed by atoms with Crippen LogP contribution in [0.3, 0.4) is 0 Å². The Balaban J connectivity index is 3.47. The van der Waals surface area contributed by atoms with Crippen molar-refractivity contribution in [3.8, 4) is 0 Å². The van der Waals surface area contributed by atoms with Crippen molar-refractivity contribution in [1.29, 1.82) is 0 Å². The van der Waals surface area contributed by atoms with E-state index in [9.17, 15) is 4.79 Å². The molecule has 0 bridgehead atoms. The van der Waals surface area contributed by atoms with Crippen molar-refractivity contribution >= 4 is 21.9 Å². The Morgan fingerprint density at radius 3 is 1.81 bits per heavy atom. The molecule has 0 heterocycles. The highest BCUT2D eigenvalue weighted by molar-refractivity contribution is 9.10. The standard InChI is InChI=1S/C18H35BrO2/c1-5-6-7-8-9-10-11-12-13-14-15-18(3,4)21-17(20)16(2)19/h16H,5-15H2,1-4H3. The summed E-state index contributed by atoms with van der Waals surface area (Å²) in [5, 5.41) is 0. The fraction of sp³-hybridized carbons (Fsp3) is 0.944. The molecular formula is C18H35BrO2. The maximum Gasteiger partial charge on any atom is 0.319 e. The Hall–Kier alpha value is -0.0500. The Morgan fingerprint density at radius 1 is 0.952 bits per heavy atom. The average molecular weight is 363 g/mol. The van der Waals surface area contributed by atoms with Crippen LogP contribution >= 0.6 is 15.9 Å². The maximum absolute atomic E-state index is 11.6. The number of unbranched alkanes of at least 4 members (excludes halogenated alkanes) is 9. The zero-order valence-corrected chi connectivity index (χ0v) is 16.1. The van der Waals surface area contributed by atoms with Crippen LogP contribution in [0.2, 0.25) is 0 Å². The first-order valence-corrected chi connectivity index (χ1v) is 9.67. The van der Waals surface area contributed by atoms with Crippen LogP contribution in [0.5, 0.6) is 0 Å². The lowest BCUT2D eigenvalue weighted by Crippen LogP contribution is -2.30. The number of ether oxygens (including phenoxy) is 1. The molecule has 3 heteroatoms. The molecule has 0 saturated carbocycles. The zero-order valence-electron chi connectivity index (χ0n) is 14.5. The van der Waals surface area contributed by atoms with E-state index in [4.69, 9.17) is 4.74 Å². The van der Waals surface area contributed by atoms with Gasteiger partial charge in [0.15, 0.2) is 0 Å². The maximum atomic E-state index is 11.6. The number of alkyl halides is 1. The monoisotopic (exact) mass is 362 g/mol. The second-order valence-corrected chi connectivity index (χ2v) is 8.10. The van der Waals surface area contributed by atoms with Crippen molar-refractivity contribution in [1.82, 2.24) is 0 Å². The number of carbonyl (C=O) groups is 1. The van der Waals surface area contributed by atoms with E-state index in [0.29, 0.717) is 0 Å². The SMILES string of the molecule is CCCCCCCCCCCCC(C)(C)OC(=O)C(C)Br. The van der Waals surface area contributed by atoms with Gasteiger partial charge in [0.2, 0.25) is 0 Å². The van der Waals surface area contributed by atoms with Crippen LogP contribution in [-0.2, 0) is 9.53 Å². The van der Waals surface area contributed by atoms with E-state index in [1.54, 1.807) is 6.92 Å². The summed E-state index contributed by atoms with van der Waals surface area (Å²) in [6, 6.07) is 0. The fourth-order valence-electron chi connectivity index (χ4n) is 2.44. The molecule has 21 heavy (non-hydrogen) atoms. The lowest BCUT2D eigenvalue weighted by molar-refractivity contribution is -0.155. The summed E-state index contributed by atoms with van der Waals surface area (Å²) < 4.78 is 5.50. The van der Waals surface area contributed by atoms with Gasteiger partial charge in [0.1, 0.15) is 10.4 Å². The van der Waals surface area contributed by atoms with Crippen LogP contribution < -0.4 is 0 Å². The Bertz CT molecular complexity index is 262. The van der Waals surface area contributed by atoms with Crippen molar-refractivity contribution in [2.45, 2.75) is 109 Å². The first kappa shape index (κ1) is 20.9. The summed E-state index contributed by atoms with van der Waals surface area (Å²) >= 11 is 3.25. The third-order valence-electron chi connectivity index (χ3n) is 3.83. The van der Waals surface area contributed by atoms with Crippen LogP contribution in [0.15, 0.2) is 0 Å². The lowest BCUT2D eigenvalue weighted by Gasteiger charge is -2.25. The molecule has 126 valence electrons. The molecule has 0 fully saturated rings. The van der Waals surface area contributed by atoms with Crippen LogP contribution in [-0.4, -0.2) is 16.4 Å². The molecule has 0 aliphatic heterocycles. The molecule has 0 N–H and O–H groups in total. The topological polar surface area (TPSA) is 26.3 Å². The zero-order chi connectivity index (χ0) is 16.1. The smallest absolute Gasteiger partial charge is 0.319 e. The van der Waals surface area contributed by atoms with E-state index >= 15 is 0 Å². The predicted octanol–water partition coefficient (Wildman–Crippen LogP) is 6.40. The molecule has 0 spiro atoms. The molecule has 0 radical (unpaired) electrons. The third-order valence-corrected chi connectivity index (χ3v) is 4.21. The van der Waals surface area contributed by atoms with Crippen molar-refractivity contribution in [3.05, 3.63) is 0 Å². The van der Waals surface area contributed by atoms with Gasteiger partial charge >= 0.3 is 5.97 Å². The highest BCUT2D eigenvalue weighted by Crippen LogP contribution is 2.21. The number of halogens is 1. The van der Waals surface area contributed by atoms with Crippen molar-refractivity contribution < 1.29 is 9.53 Å². The quantitative estimate of drug-likeness (QED) is 0.215. The van der Waals surface area contributed by atoms with Crippen LogP contribution in [0, 0.1) is 0 Å². The van der Waals surface area contributed by atoms with Gasteiger partial charge in [-0.1, -0.05) is 80.6 Å². The van der Waals surface area contributed by atoms with Gasteiger partial charge in [-0.3, -0.25) is 4.79 Å². The van der Waals surface area contributed by atoms with Crippen molar-refractivity contribution in [2.24, 2.45) is 0 Å². The minimum Gasteiger partial charge on any atom is -0.459 e. The van der Waals surface area contributed by atoms with E-state index < -0.39 is 0 Å². The molecule has 0 aliphatic rings. The van der Waals surface area contributed by atoms with Gasteiger partial charge in [-0.05, 0) is 33.6 Å². The Labute approximate surface area is 140 Å². The molecule has 2 nitrogen and oxygen atoms in total. The van der Waals surface area contributed by atoms with Crippen LogP contribution in [0.25, 0.3) is 0 Å². The molecule has 0 aliphatic carbocycles. The van der Waals surface area contributed by atoms with Gasteiger partial charge in [0.25, 0.3) is 0 Å². The summed E-state index contributed by atoms with van der Waals surface area (Å²) in [6.07, 6.45) is 14.3. The first-order valence-electron chi connectivity index (χ1n) is 8.76. The van der Waals surface area contributed by atoms with Gasteiger partial charge < -0.3 is 4.74 Å². The molecule has 0 amide bonds. The van der Waals surface area contributed by atoms with Crippen LogP contribution in [0.1, 0.15) is 98.3 Å². The molecule has 0 rings (SSSR count). The Morgan fingerprint density at radius 2 is 1.38 bits per heavy atom. The van der Waals surface area contributed by atoms with Crippen molar-refractivity contribution in [3.63, 3.8) is 0 Å². The van der Waals surface area contributed by atoms with E-state index in [1.807, 2.05) is 13.8 Å². The van der Waals surface area contributed by atoms with E-state index in [2.05, 4.69) is 22.9 Å². The minimum atomic E-state index is -0.334. The normalized spacial score (nSPS) is 13.2. The minimum absolute atomic E-state index is 0.160. The molecule has 0 aromatic rings. The highest BCUT2D eigenvalue weighted by atomic mass is 79.9. The molecule has 0 aromatic heterocycles. The molecule has 0 saturated heterocycles. The highest BCUT2D eigenvalue weighted by Gasteiger charge is 2.24. The molecule has 0 aromatic carbocycles. The fourth-order valence-corrected chi connectivity index (χ4v) is 2.54. The molecule has 1 atom stereocenters. The van der Waals surface area contributed by atoms with E-state index in [-0.39, 0.29) is 16.4 Å². The number of hydrogen-bond donors (Lipinski definition) is 0. The third kappa shape index (κ3) is 13.3. The summed E-state index contributed by atoms with van der Waals surface area (Å²) in [4.78, 5) is 11.4. The van der Waals surface area contributed by atoms with Gasteiger partial charge in [-0.25, -0.2) is 0 Å². The molecule has 1 unspecified atom stereocenters. The first-order chi connectivity index (χ1) is 9.89. The largest absolute Gasteiger partial charge is 0.459 e. The van der Waals surface area contributed by atoms with Gasteiger partial charge in [-0.2, -0.15) is 0 Å². The predicted molar refractivity (Wildman–Crippen MR) is 95.0 cm³/mol.